The lowest BCUT2D eigenvalue weighted by Crippen LogP contribution is -2.05. The first-order chi connectivity index (χ1) is 7.59. The highest BCUT2D eigenvalue weighted by molar-refractivity contribution is 9.10. The molecule has 0 saturated heterocycles. The van der Waals surface area contributed by atoms with Crippen molar-refractivity contribution in [3.8, 4) is 0 Å². The second kappa shape index (κ2) is 4.47. The fourth-order valence-corrected chi connectivity index (χ4v) is 2.00. The van der Waals surface area contributed by atoms with Crippen LogP contribution in [0.3, 0.4) is 0 Å². The Morgan fingerprint density at radius 2 is 2.25 bits per heavy atom. The van der Waals surface area contributed by atoms with Crippen molar-refractivity contribution in [3.63, 3.8) is 0 Å². The molecule has 2 N–H and O–H groups in total. The number of nitrogen functional groups attached to an aromatic ring is 1. The van der Waals surface area contributed by atoms with E-state index in [1.54, 1.807) is 6.20 Å². The van der Waals surface area contributed by atoms with E-state index in [4.69, 9.17) is 17.3 Å². The molecule has 16 heavy (non-hydrogen) atoms. The summed E-state index contributed by atoms with van der Waals surface area (Å²) >= 11 is 9.42. The molecule has 2 rings (SSSR count). The maximum absolute atomic E-state index is 5.95. The van der Waals surface area contributed by atoms with Crippen LogP contribution in [0.5, 0.6) is 0 Å². The predicted octanol–water partition coefficient (Wildman–Crippen LogP) is 3.24. The molecular weight excluding hydrogens is 289 g/mol. The highest BCUT2D eigenvalue weighted by atomic mass is 79.9. The number of benzene rings is 1. The molecule has 84 valence electrons. The Kier molecular flexibility index (Phi) is 3.21. The van der Waals surface area contributed by atoms with Gasteiger partial charge in [0, 0.05) is 10.2 Å². The van der Waals surface area contributed by atoms with Gasteiger partial charge in [0.25, 0.3) is 0 Å². The molecule has 0 unspecified atom stereocenters. The van der Waals surface area contributed by atoms with Gasteiger partial charge in [-0.25, -0.2) is 0 Å². The zero-order chi connectivity index (χ0) is 11.7. The Bertz CT molecular complexity index is 522. The first-order valence-corrected chi connectivity index (χ1v) is 5.97. The van der Waals surface area contributed by atoms with Gasteiger partial charge in [0.15, 0.2) is 0 Å². The lowest BCUT2D eigenvalue weighted by atomic mass is 10.2. The van der Waals surface area contributed by atoms with Crippen molar-refractivity contribution >= 4 is 33.2 Å². The largest absolute Gasteiger partial charge is 0.398 e. The van der Waals surface area contributed by atoms with E-state index in [2.05, 4.69) is 21.0 Å². The van der Waals surface area contributed by atoms with E-state index in [-0.39, 0.29) is 0 Å². The van der Waals surface area contributed by atoms with Gasteiger partial charge in [0.1, 0.15) is 0 Å². The van der Waals surface area contributed by atoms with E-state index in [0.717, 1.165) is 21.4 Å². The molecule has 0 aliphatic heterocycles. The Morgan fingerprint density at radius 3 is 2.88 bits per heavy atom. The van der Waals surface area contributed by atoms with Gasteiger partial charge in [-0.1, -0.05) is 23.7 Å². The maximum atomic E-state index is 5.95. The maximum Gasteiger partial charge on any atom is 0.0815 e. The molecule has 1 heterocycles. The fourth-order valence-electron chi connectivity index (χ4n) is 1.47. The van der Waals surface area contributed by atoms with Gasteiger partial charge in [-0.05, 0) is 34.5 Å². The molecule has 0 fully saturated rings. The second-order valence-corrected chi connectivity index (χ2v) is 4.76. The van der Waals surface area contributed by atoms with Crippen LogP contribution in [0.4, 0.5) is 5.69 Å². The van der Waals surface area contributed by atoms with Gasteiger partial charge in [0.2, 0.25) is 0 Å². The predicted molar refractivity (Wildman–Crippen MR) is 69.6 cm³/mol. The minimum absolute atomic E-state index is 0.657. The Labute approximate surface area is 107 Å². The summed E-state index contributed by atoms with van der Waals surface area (Å²) in [6, 6.07) is 5.79. The Hall–Kier alpha value is -1.00. The normalized spacial score (nSPS) is 10.7. The lowest BCUT2D eigenvalue weighted by molar-refractivity contribution is 0.664. The van der Waals surface area contributed by atoms with Crippen molar-refractivity contribution in [2.45, 2.75) is 13.5 Å². The van der Waals surface area contributed by atoms with Crippen LogP contribution >= 0.6 is 27.5 Å². The highest BCUT2D eigenvalue weighted by Gasteiger charge is 2.07. The SMILES string of the molecule is Cc1c(Cl)cnn1Cc1cccc(N)c1Br. The van der Waals surface area contributed by atoms with Gasteiger partial charge in [0.05, 0.1) is 23.5 Å². The molecular formula is C11H11BrClN3. The third-order valence-corrected chi connectivity index (χ3v) is 3.81. The molecule has 0 radical (unpaired) electrons. The van der Waals surface area contributed by atoms with Crippen molar-refractivity contribution in [1.82, 2.24) is 9.78 Å². The summed E-state index contributed by atoms with van der Waals surface area (Å²) in [5.74, 6) is 0. The molecule has 1 aromatic carbocycles. The van der Waals surface area contributed by atoms with Crippen molar-refractivity contribution in [2.75, 3.05) is 5.73 Å². The lowest BCUT2D eigenvalue weighted by Gasteiger charge is -2.08. The molecule has 0 amide bonds. The molecule has 0 spiro atoms. The van der Waals surface area contributed by atoms with Crippen molar-refractivity contribution in [2.24, 2.45) is 0 Å². The van der Waals surface area contributed by atoms with Gasteiger partial charge in [-0.15, -0.1) is 0 Å². The summed E-state index contributed by atoms with van der Waals surface area (Å²) in [5.41, 5.74) is 8.59. The van der Waals surface area contributed by atoms with Crippen LogP contribution in [-0.4, -0.2) is 9.78 Å². The molecule has 3 nitrogen and oxygen atoms in total. The number of anilines is 1. The zero-order valence-electron chi connectivity index (χ0n) is 8.74. The molecule has 1 aromatic heterocycles. The molecule has 0 atom stereocenters. The number of rotatable bonds is 2. The van der Waals surface area contributed by atoms with Crippen molar-refractivity contribution in [3.05, 3.63) is 45.1 Å². The summed E-state index contributed by atoms with van der Waals surface area (Å²) in [4.78, 5) is 0. The smallest absolute Gasteiger partial charge is 0.0815 e. The third kappa shape index (κ3) is 2.08. The van der Waals surface area contributed by atoms with Crippen LogP contribution in [0.25, 0.3) is 0 Å². The average molecular weight is 301 g/mol. The fraction of sp³-hybridized carbons (Fsp3) is 0.182. The first kappa shape index (κ1) is 11.5. The Morgan fingerprint density at radius 1 is 1.50 bits per heavy atom. The van der Waals surface area contributed by atoms with E-state index >= 15 is 0 Å². The van der Waals surface area contributed by atoms with Crippen LogP contribution in [0.15, 0.2) is 28.9 Å². The third-order valence-electron chi connectivity index (χ3n) is 2.47. The van der Waals surface area contributed by atoms with Gasteiger partial charge in [-0.2, -0.15) is 5.10 Å². The quantitative estimate of drug-likeness (QED) is 0.865. The molecule has 0 saturated carbocycles. The van der Waals surface area contributed by atoms with Crippen molar-refractivity contribution < 1.29 is 0 Å². The summed E-state index contributed by atoms with van der Waals surface area (Å²) in [7, 11) is 0. The van der Waals surface area contributed by atoms with Crippen molar-refractivity contribution in [1.29, 1.82) is 0 Å². The summed E-state index contributed by atoms with van der Waals surface area (Å²) in [6.07, 6.45) is 1.65. The highest BCUT2D eigenvalue weighted by Crippen LogP contribution is 2.25. The van der Waals surface area contributed by atoms with Crippen LogP contribution < -0.4 is 5.73 Å². The topological polar surface area (TPSA) is 43.8 Å². The standard InChI is InChI=1S/C11H11BrClN3/c1-7-9(13)5-15-16(7)6-8-3-2-4-10(14)11(8)12/h2-5H,6,14H2,1H3. The van der Waals surface area contributed by atoms with Crippen LogP contribution in [0.1, 0.15) is 11.3 Å². The van der Waals surface area contributed by atoms with E-state index in [1.165, 1.54) is 0 Å². The number of hydrogen-bond donors (Lipinski definition) is 1. The van der Waals surface area contributed by atoms with E-state index in [0.29, 0.717) is 11.6 Å². The molecule has 0 aliphatic rings. The van der Waals surface area contributed by atoms with E-state index in [1.807, 2.05) is 29.8 Å². The number of hydrogen-bond acceptors (Lipinski definition) is 2. The van der Waals surface area contributed by atoms with E-state index in [9.17, 15) is 0 Å². The number of aromatic nitrogens is 2. The summed E-state index contributed by atoms with van der Waals surface area (Å²) in [5, 5.41) is 4.89. The molecule has 2 aromatic rings. The van der Waals surface area contributed by atoms with Gasteiger partial charge < -0.3 is 5.73 Å². The molecule has 0 bridgehead atoms. The van der Waals surface area contributed by atoms with Crippen LogP contribution in [-0.2, 0) is 6.54 Å². The van der Waals surface area contributed by atoms with Crippen LogP contribution in [0.2, 0.25) is 5.02 Å². The monoisotopic (exact) mass is 299 g/mol. The number of halogens is 2. The zero-order valence-corrected chi connectivity index (χ0v) is 11.1. The molecule has 5 heteroatoms. The van der Waals surface area contributed by atoms with Gasteiger partial charge >= 0.3 is 0 Å². The molecule has 0 aliphatic carbocycles. The minimum atomic E-state index is 0.657. The van der Waals surface area contributed by atoms with Crippen LogP contribution in [0, 0.1) is 6.92 Å². The number of nitrogens with two attached hydrogens (primary N) is 1. The van der Waals surface area contributed by atoms with Gasteiger partial charge in [-0.3, -0.25) is 4.68 Å². The average Bonchev–Trinajstić information content (AvgIpc) is 2.57. The number of nitrogens with zero attached hydrogens (tertiary/aromatic N) is 2. The minimum Gasteiger partial charge on any atom is -0.398 e. The Balaban J connectivity index is 2.34. The second-order valence-electron chi connectivity index (χ2n) is 3.56. The summed E-state index contributed by atoms with van der Waals surface area (Å²) < 4.78 is 2.77. The summed E-state index contributed by atoms with van der Waals surface area (Å²) in [6.45, 7) is 2.60. The first-order valence-electron chi connectivity index (χ1n) is 4.80. The van der Waals surface area contributed by atoms with E-state index < -0.39 is 0 Å².